The van der Waals surface area contributed by atoms with Crippen LogP contribution in [0.2, 0.25) is 0 Å². The Morgan fingerprint density at radius 2 is 2.00 bits per heavy atom. The van der Waals surface area contributed by atoms with E-state index in [-0.39, 0.29) is 0 Å². The van der Waals surface area contributed by atoms with Gasteiger partial charge in [-0.3, -0.25) is 4.98 Å². The van der Waals surface area contributed by atoms with Gasteiger partial charge >= 0.3 is 0 Å². The molecule has 4 rings (SSSR count). The molecule has 1 aliphatic heterocycles. The third-order valence-corrected chi connectivity index (χ3v) is 5.56. The molecular formula is C21H28N4O. The molecular weight excluding hydrogens is 324 g/mol. The van der Waals surface area contributed by atoms with Crippen LogP contribution < -0.4 is 4.90 Å². The zero-order valence-electron chi connectivity index (χ0n) is 15.8. The van der Waals surface area contributed by atoms with Gasteiger partial charge in [-0.2, -0.15) is 0 Å². The Bertz CT molecular complexity index is 880. The lowest BCUT2D eigenvalue weighted by atomic mass is 9.98. The van der Waals surface area contributed by atoms with Crippen molar-refractivity contribution in [1.82, 2.24) is 14.5 Å². The summed E-state index contributed by atoms with van der Waals surface area (Å²) in [7, 11) is 2.08. The second kappa shape index (κ2) is 7.62. The van der Waals surface area contributed by atoms with E-state index in [1.165, 1.54) is 42.0 Å². The van der Waals surface area contributed by atoms with E-state index in [4.69, 9.17) is 9.72 Å². The average Bonchev–Trinajstić information content (AvgIpc) is 2.98. The molecule has 0 saturated carbocycles. The molecule has 1 aliphatic rings. The number of pyridine rings is 2. The molecule has 0 aliphatic carbocycles. The molecule has 0 unspecified atom stereocenters. The first-order chi connectivity index (χ1) is 12.8. The molecule has 5 nitrogen and oxygen atoms in total. The van der Waals surface area contributed by atoms with Crippen LogP contribution in [0.3, 0.4) is 0 Å². The van der Waals surface area contributed by atoms with Gasteiger partial charge in [0.15, 0.2) is 0 Å². The number of aromatic nitrogens is 3. The van der Waals surface area contributed by atoms with Crippen LogP contribution in [0.25, 0.3) is 21.9 Å². The number of piperidine rings is 1. The maximum absolute atomic E-state index is 5.82. The number of ether oxygens (including phenoxy) is 1. The standard InChI is InChI=1S/C21H28N4O/c1-3-4-13-26-15-16-8-11-25(12-9-16)20-6-5-17-18-14-22-10-7-19(18)24(2)21(17)23-20/h5-7,10,14,16H,3-4,8-9,11-13,15H2,1-2H3. The minimum Gasteiger partial charge on any atom is -0.381 e. The third kappa shape index (κ3) is 3.28. The van der Waals surface area contributed by atoms with Gasteiger partial charge in [-0.05, 0) is 43.4 Å². The van der Waals surface area contributed by atoms with Crippen molar-refractivity contribution in [1.29, 1.82) is 0 Å². The van der Waals surface area contributed by atoms with Crippen LogP contribution in [0.5, 0.6) is 0 Å². The van der Waals surface area contributed by atoms with Crippen molar-refractivity contribution in [3.8, 4) is 0 Å². The van der Waals surface area contributed by atoms with E-state index in [2.05, 4.69) is 46.6 Å². The Labute approximate surface area is 155 Å². The monoisotopic (exact) mass is 352 g/mol. The number of rotatable bonds is 6. The van der Waals surface area contributed by atoms with Crippen molar-refractivity contribution < 1.29 is 4.74 Å². The number of unbranched alkanes of at least 4 members (excludes halogenated alkanes) is 1. The van der Waals surface area contributed by atoms with E-state index < -0.39 is 0 Å². The minimum absolute atomic E-state index is 0.690. The Morgan fingerprint density at radius 3 is 2.81 bits per heavy atom. The predicted molar refractivity (Wildman–Crippen MR) is 107 cm³/mol. The highest BCUT2D eigenvalue weighted by atomic mass is 16.5. The van der Waals surface area contributed by atoms with Crippen LogP contribution in [0.15, 0.2) is 30.6 Å². The predicted octanol–water partition coefficient (Wildman–Crippen LogP) is 4.15. The first-order valence-electron chi connectivity index (χ1n) is 9.79. The van der Waals surface area contributed by atoms with Crippen molar-refractivity contribution >= 4 is 27.8 Å². The van der Waals surface area contributed by atoms with Gasteiger partial charge in [0.25, 0.3) is 0 Å². The van der Waals surface area contributed by atoms with E-state index in [1.54, 1.807) is 0 Å². The van der Waals surface area contributed by atoms with Gasteiger partial charge < -0.3 is 14.2 Å². The summed E-state index contributed by atoms with van der Waals surface area (Å²) in [6.45, 7) is 6.15. The van der Waals surface area contributed by atoms with Gasteiger partial charge in [0.1, 0.15) is 11.5 Å². The molecule has 0 amide bonds. The highest BCUT2D eigenvalue weighted by Gasteiger charge is 2.21. The van der Waals surface area contributed by atoms with Gasteiger partial charge in [0, 0.05) is 56.5 Å². The maximum atomic E-state index is 5.82. The van der Waals surface area contributed by atoms with Crippen molar-refractivity contribution in [3.05, 3.63) is 30.6 Å². The summed E-state index contributed by atoms with van der Waals surface area (Å²) >= 11 is 0. The largest absolute Gasteiger partial charge is 0.381 e. The van der Waals surface area contributed by atoms with Crippen molar-refractivity contribution in [2.75, 3.05) is 31.2 Å². The van der Waals surface area contributed by atoms with E-state index in [9.17, 15) is 0 Å². The first kappa shape index (κ1) is 17.3. The Balaban J connectivity index is 1.46. The zero-order chi connectivity index (χ0) is 17.9. The van der Waals surface area contributed by atoms with Crippen LogP contribution >= 0.6 is 0 Å². The molecule has 138 valence electrons. The summed E-state index contributed by atoms with van der Waals surface area (Å²) in [4.78, 5) is 11.7. The maximum Gasteiger partial charge on any atom is 0.143 e. The van der Waals surface area contributed by atoms with Gasteiger partial charge in [-0.15, -0.1) is 0 Å². The van der Waals surface area contributed by atoms with E-state index in [0.717, 1.165) is 37.8 Å². The van der Waals surface area contributed by atoms with Crippen molar-refractivity contribution in [2.45, 2.75) is 32.6 Å². The highest BCUT2D eigenvalue weighted by Crippen LogP contribution is 2.29. The molecule has 0 spiro atoms. The summed E-state index contributed by atoms with van der Waals surface area (Å²) < 4.78 is 7.99. The molecule has 3 aromatic rings. The molecule has 3 aromatic heterocycles. The number of hydrogen-bond acceptors (Lipinski definition) is 4. The fourth-order valence-corrected chi connectivity index (χ4v) is 3.91. The Morgan fingerprint density at radius 1 is 1.15 bits per heavy atom. The molecule has 0 bridgehead atoms. The molecule has 0 N–H and O–H groups in total. The molecule has 1 saturated heterocycles. The minimum atomic E-state index is 0.690. The second-order valence-corrected chi connectivity index (χ2v) is 7.35. The van der Waals surface area contributed by atoms with Crippen LogP contribution in [0.1, 0.15) is 32.6 Å². The van der Waals surface area contributed by atoms with Gasteiger partial charge in [-0.1, -0.05) is 13.3 Å². The first-order valence-corrected chi connectivity index (χ1v) is 9.79. The van der Waals surface area contributed by atoms with Gasteiger partial charge in [0.05, 0.1) is 5.52 Å². The van der Waals surface area contributed by atoms with Crippen LogP contribution in [0, 0.1) is 5.92 Å². The smallest absolute Gasteiger partial charge is 0.143 e. The van der Waals surface area contributed by atoms with E-state index >= 15 is 0 Å². The molecule has 0 atom stereocenters. The summed E-state index contributed by atoms with van der Waals surface area (Å²) in [6.07, 6.45) is 8.52. The normalized spacial score (nSPS) is 16.0. The zero-order valence-corrected chi connectivity index (χ0v) is 15.8. The van der Waals surface area contributed by atoms with E-state index in [0.29, 0.717) is 5.92 Å². The fourth-order valence-electron chi connectivity index (χ4n) is 3.91. The topological polar surface area (TPSA) is 43.2 Å². The lowest BCUT2D eigenvalue weighted by molar-refractivity contribution is 0.0882. The van der Waals surface area contributed by atoms with Gasteiger partial charge in [-0.25, -0.2) is 4.98 Å². The molecule has 1 fully saturated rings. The quantitative estimate of drug-likeness (QED) is 0.625. The number of fused-ring (bicyclic) bond motifs is 3. The Hall–Kier alpha value is -2.14. The fraction of sp³-hybridized carbons (Fsp3) is 0.524. The highest BCUT2D eigenvalue weighted by molar-refractivity contribution is 6.06. The lowest BCUT2D eigenvalue weighted by Gasteiger charge is -2.32. The second-order valence-electron chi connectivity index (χ2n) is 7.35. The molecule has 26 heavy (non-hydrogen) atoms. The SMILES string of the molecule is CCCCOCC1CCN(c2ccc3c4cnccc4n(C)c3n2)CC1. The number of nitrogens with zero attached hydrogens (tertiary/aromatic N) is 4. The summed E-state index contributed by atoms with van der Waals surface area (Å²) in [5.74, 6) is 1.78. The van der Waals surface area contributed by atoms with Gasteiger partial charge in [0.2, 0.25) is 0 Å². The van der Waals surface area contributed by atoms with Crippen molar-refractivity contribution in [3.63, 3.8) is 0 Å². The Kier molecular flexibility index (Phi) is 5.07. The summed E-state index contributed by atoms with van der Waals surface area (Å²) in [6, 6.07) is 6.41. The van der Waals surface area contributed by atoms with E-state index in [1.807, 2.05) is 12.4 Å². The number of aryl methyl sites for hydroxylation is 1. The summed E-state index contributed by atoms with van der Waals surface area (Å²) in [5.41, 5.74) is 2.22. The number of hydrogen-bond donors (Lipinski definition) is 0. The average molecular weight is 352 g/mol. The molecule has 0 radical (unpaired) electrons. The van der Waals surface area contributed by atoms with Crippen LogP contribution in [-0.4, -0.2) is 40.8 Å². The third-order valence-electron chi connectivity index (χ3n) is 5.56. The number of anilines is 1. The molecule has 5 heteroatoms. The summed E-state index contributed by atoms with van der Waals surface area (Å²) in [5, 5.41) is 2.35. The molecule has 0 aromatic carbocycles. The van der Waals surface area contributed by atoms with Crippen LogP contribution in [-0.2, 0) is 11.8 Å². The molecule has 4 heterocycles. The lowest BCUT2D eigenvalue weighted by Crippen LogP contribution is -2.35. The van der Waals surface area contributed by atoms with Crippen molar-refractivity contribution in [2.24, 2.45) is 13.0 Å². The van der Waals surface area contributed by atoms with Crippen LogP contribution in [0.4, 0.5) is 5.82 Å².